The largest absolute Gasteiger partial charge is 0.330 e. The number of rotatable bonds is 2. The molecule has 0 radical (unpaired) electrons. The number of aromatic amines is 1. The molecule has 23 heavy (non-hydrogen) atoms. The van der Waals surface area contributed by atoms with Gasteiger partial charge in [0, 0.05) is 5.56 Å². The van der Waals surface area contributed by atoms with Crippen molar-refractivity contribution in [3.8, 4) is 0 Å². The van der Waals surface area contributed by atoms with Gasteiger partial charge in [-0.1, -0.05) is 6.07 Å². The third kappa shape index (κ3) is 2.88. The van der Waals surface area contributed by atoms with Gasteiger partial charge in [0.05, 0.1) is 10.9 Å². The van der Waals surface area contributed by atoms with E-state index in [9.17, 15) is 18.4 Å². The number of nitrogens with zero attached hydrogens (tertiary/aromatic N) is 1. The standard InChI is InChI=1S/C15H9F2N3O2S/c16-9-3-1-2-8(6-9)13(21)19-20-14(22)11-7-10(17)4-5-12(11)18-15(20)23/h1-7H,(H,18,23)(H,19,21). The molecule has 1 aromatic heterocycles. The molecule has 0 aliphatic heterocycles. The van der Waals surface area contributed by atoms with Crippen molar-refractivity contribution in [1.29, 1.82) is 0 Å². The summed E-state index contributed by atoms with van der Waals surface area (Å²) in [5.74, 6) is -1.90. The first-order valence-corrected chi connectivity index (χ1v) is 6.88. The highest BCUT2D eigenvalue weighted by Gasteiger charge is 2.11. The number of carbonyl (C=O) groups is 1. The van der Waals surface area contributed by atoms with Crippen molar-refractivity contribution in [2.24, 2.45) is 0 Å². The van der Waals surface area contributed by atoms with Crippen LogP contribution >= 0.6 is 12.2 Å². The Bertz CT molecular complexity index is 1040. The Kier molecular flexibility index (Phi) is 3.75. The van der Waals surface area contributed by atoms with Gasteiger partial charge < -0.3 is 4.98 Å². The monoisotopic (exact) mass is 333 g/mol. The molecule has 0 saturated carbocycles. The number of nitrogens with one attached hydrogen (secondary N) is 2. The topological polar surface area (TPSA) is 66.9 Å². The molecule has 8 heteroatoms. The Morgan fingerprint density at radius 1 is 1.13 bits per heavy atom. The summed E-state index contributed by atoms with van der Waals surface area (Å²) >= 11 is 5.02. The fourth-order valence-electron chi connectivity index (χ4n) is 2.08. The van der Waals surface area contributed by atoms with Gasteiger partial charge in [-0.05, 0) is 48.6 Å². The summed E-state index contributed by atoms with van der Waals surface area (Å²) in [5.41, 5.74) is 1.95. The maximum absolute atomic E-state index is 13.3. The number of hydrogen-bond acceptors (Lipinski definition) is 3. The molecular weight excluding hydrogens is 324 g/mol. The highest BCUT2D eigenvalue weighted by molar-refractivity contribution is 7.71. The van der Waals surface area contributed by atoms with Gasteiger partial charge in [0.1, 0.15) is 11.6 Å². The van der Waals surface area contributed by atoms with Crippen LogP contribution in [-0.4, -0.2) is 15.6 Å². The van der Waals surface area contributed by atoms with E-state index >= 15 is 0 Å². The minimum atomic E-state index is -0.721. The number of H-pyrrole nitrogens is 1. The zero-order valence-corrected chi connectivity index (χ0v) is 12.3. The number of halogens is 2. The van der Waals surface area contributed by atoms with Crippen LogP contribution in [0.3, 0.4) is 0 Å². The van der Waals surface area contributed by atoms with Gasteiger partial charge in [0.15, 0.2) is 4.77 Å². The van der Waals surface area contributed by atoms with Crippen molar-refractivity contribution in [3.63, 3.8) is 0 Å². The van der Waals surface area contributed by atoms with E-state index in [0.29, 0.717) is 5.52 Å². The quantitative estimate of drug-likeness (QED) is 0.709. The lowest BCUT2D eigenvalue weighted by Gasteiger charge is -2.09. The van der Waals surface area contributed by atoms with Crippen molar-refractivity contribution >= 4 is 29.0 Å². The van der Waals surface area contributed by atoms with Crippen molar-refractivity contribution in [2.45, 2.75) is 0 Å². The van der Waals surface area contributed by atoms with Crippen LogP contribution < -0.4 is 11.0 Å². The third-order valence-corrected chi connectivity index (χ3v) is 3.44. The van der Waals surface area contributed by atoms with Gasteiger partial charge in [0.25, 0.3) is 11.5 Å². The molecule has 0 aliphatic rings. The molecule has 0 fully saturated rings. The predicted molar refractivity (Wildman–Crippen MR) is 83.4 cm³/mol. The number of benzene rings is 2. The van der Waals surface area contributed by atoms with Crippen LogP contribution in [0.4, 0.5) is 8.78 Å². The van der Waals surface area contributed by atoms with Gasteiger partial charge in [-0.15, -0.1) is 0 Å². The first-order valence-electron chi connectivity index (χ1n) is 6.47. The second-order valence-corrected chi connectivity index (χ2v) is 5.10. The second-order valence-electron chi connectivity index (χ2n) is 4.71. The highest BCUT2D eigenvalue weighted by Crippen LogP contribution is 2.09. The third-order valence-electron chi connectivity index (χ3n) is 3.16. The van der Waals surface area contributed by atoms with E-state index in [-0.39, 0.29) is 15.7 Å². The maximum atomic E-state index is 13.3. The minimum absolute atomic E-state index is 0.0191. The molecule has 0 atom stereocenters. The molecule has 0 spiro atoms. The first kappa shape index (κ1) is 15.0. The summed E-state index contributed by atoms with van der Waals surface area (Å²) in [5, 5.41) is 0.0261. The summed E-state index contributed by atoms with van der Waals surface area (Å²) in [6.45, 7) is 0. The lowest BCUT2D eigenvalue weighted by Crippen LogP contribution is -2.34. The molecular formula is C15H9F2N3O2S. The van der Waals surface area contributed by atoms with E-state index in [1.54, 1.807) is 0 Å². The zero-order chi connectivity index (χ0) is 16.6. The van der Waals surface area contributed by atoms with Gasteiger partial charge in [0.2, 0.25) is 0 Å². The number of amides is 1. The molecule has 2 N–H and O–H groups in total. The predicted octanol–water partition coefficient (Wildman–Crippen LogP) is 2.72. The van der Waals surface area contributed by atoms with E-state index < -0.39 is 23.1 Å². The first-order chi connectivity index (χ1) is 11.0. The summed E-state index contributed by atoms with van der Waals surface area (Å²) in [6.07, 6.45) is 0. The average molecular weight is 333 g/mol. The summed E-state index contributed by atoms with van der Waals surface area (Å²) in [7, 11) is 0. The summed E-state index contributed by atoms with van der Waals surface area (Å²) in [6, 6.07) is 8.55. The van der Waals surface area contributed by atoms with Gasteiger partial charge >= 0.3 is 0 Å². The molecule has 0 aliphatic carbocycles. The summed E-state index contributed by atoms with van der Waals surface area (Å²) in [4.78, 5) is 27.2. The molecule has 5 nitrogen and oxygen atoms in total. The number of fused-ring (bicyclic) bond motifs is 1. The fraction of sp³-hybridized carbons (Fsp3) is 0. The van der Waals surface area contributed by atoms with E-state index in [0.717, 1.165) is 16.8 Å². The Morgan fingerprint density at radius 2 is 1.87 bits per heavy atom. The maximum Gasteiger partial charge on any atom is 0.281 e. The van der Waals surface area contributed by atoms with Crippen LogP contribution in [0.25, 0.3) is 10.9 Å². The van der Waals surface area contributed by atoms with Crippen LogP contribution in [0.2, 0.25) is 0 Å². The van der Waals surface area contributed by atoms with Gasteiger partial charge in [-0.3, -0.25) is 15.0 Å². The molecule has 116 valence electrons. The lowest BCUT2D eigenvalue weighted by molar-refractivity contribution is 0.101. The molecule has 3 aromatic rings. The Balaban J connectivity index is 2.08. The van der Waals surface area contributed by atoms with E-state index in [4.69, 9.17) is 12.2 Å². The second kappa shape index (κ2) is 5.73. The van der Waals surface area contributed by atoms with E-state index in [1.807, 2.05) is 0 Å². The fourth-order valence-corrected chi connectivity index (χ4v) is 2.32. The molecule has 0 bridgehead atoms. The van der Waals surface area contributed by atoms with Crippen LogP contribution in [0.15, 0.2) is 47.3 Å². The van der Waals surface area contributed by atoms with E-state index in [2.05, 4.69) is 10.4 Å². The molecule has 2 aromatic carbocycles. The molecule has 0 unspecified atom stereocenters. The zero-order valence-electron chi connectivity index (χ0n) is 11.5. The Hall–Kier alpha value is -2.87. The van der Waals surface area contributed by atoms with Crippen molar-refractivity contribution in [1.82, 2.24) is 9.66 Å². The molecule has 3 rings (SSSR count). The minimum Gasteiger partial charge on any atom is -0.330 e. The number of carbonyl (C=O) groups excluding carboxylic acids is 1. The SMILES string of the molecule is O=C(Nn1c(=S)[nH]c2ccc(F)cc2c1=O)c1cccc(F)c1. The van der Waals surface area contributed by atoms with E-state index in [1.165, 1.54) is 30.3 Å². The van der Waals surface area contributed by atoms with Crippen LogP contribution in [-0.2, 0) is 0 Å². The van der Waals surface area contributed by atoms with Crippen molar-refractivity contribution in [2.75, 3.05) is 5.43 Å². The van der Waals surface area contributed by atoms with Crippen molar-refractivity contribution in [3.05, 3.63) is 74.8 Å². The van der Waals surface area contributed by atoms with Gasteiger partial charge in [-0.2, -0.15) is 4.68 Å². The smallest absolute Gasteiger partial charge is 0.281 e. The Labute approximate surface area is 133 Å². The molecule has 1 heterocycles. The Morgan fingerprint density at radius 3 is 2.61 bits per heavy atom. The van der Waals surface area contributed by atoms with Crippen LogP contribution in [0, 0.1) is 16.4 Å². The summed E-state index contributed by atoms with van der Waals surface area (Å²) < 4.78 is 27.2. The molecule has 1 amide bonds. The van der Waals surface area contributed by atoms with Gasteiger partial charge in [-0.25, -0.2) is 8.78 Å². The van der Waals surface area contributed by atoms with Crippen molar-refractivity contribution < 1.29 is 13.6 Å². The van der Waals surface area contributed by atoms with Crippen LogP contribution in [0.1, 0.15) is 10.4 Å². The lowest BCUT2D eigenvalue weighted by atomic mass is 10.2. The highest BCUT2D eigenvalue weighted by atomic mass is 32.1. The molecule has 0 saturated heterocycles. The number of hydrogen-bond donors (Lipinski definition) is 2. The van der Waals surface area contributed by atoms with Crippen LogP contribution in [0.5, 0.6) is 0 Å². The normalized spacial score (nSPS) is 10.7. The number of aromatic nitrogens is 2. The average Bonchev–Trinajstić information content (AvgIpc) is 2.52.